The van der Waals surface area contributed by atoms with Crippen molar-refractivity contribution in [1.29, 1.82) is 0 Å². The monoisotopic (exact) mass is 303 g/mol. The van der Waals surface area contributed by atoms with Gasteiger partial charge in [0.15, 0.2) is 0 Å². The number of likely N-dealkylation sites (tertiary alicyclic amines) is 1. The van der Waals surface area contributed by atoms with Gasteiger partial charge in [-0.05, 0) is 37.3 Å². The van der Waals surface area contributed by atoms with Crippen LogP contribution in [0.1, 0.15) is 24.8 Å². The minimum Gasteiger partial charge on any atom is -0.372 e. The SMILES string of the molecule is COC1CCCCN(CC(=O)N2CCc3ccncc32)C1=O. The number of ether oxygens (including phenoxy) is 1. The summed E-state index contributed by atoms with van der Waals surface area (Å²) in [4.78, 5) is 32.5. The van der Waals surface area contributed by atoms with Gasteiger partial charge in [-0.1, -0.05) is 0 Å². The highest BCUT2D eigenvalue weighted by molar-refractivity contribution is 5.98. The van der Waals surface area contributed by atoms with Gasteiger partial charge in [0.05, 0.1) is 11.9 Å². The predicted octanol–water partition coefficient (Wildman–Crippen LogP) is 0.998. The Morgan fingerprint density at radius 3 is 3.09 bits per heavy atom. The Morgan fingerprint density at radius 1 is 1.41 bits per heavy atom. The van der Waals surface area contributed by atoms with E-state index >= 15 is 0 Å². The molecule has 3 heterocycles. The molecule has 6 heteroatoms. The number of fused-ring (bicyclic) bond motifs is 1. The third-order valence-electron chi connectivity index (χ3n) is 4.43. The lowest BCUT2D eigenvalue weighted by Crippen LogP contribution is -2.45. The molecular formula is C16H21N3O3. The zero-order valence-corrected chi connectivity index (χ0v) is 12.8. The highest BCUT2D eigenvalue weighted by atomic mass is 16.5. The summed E-state index contributed by atoms with van der Waals surface area (Å²) in [5, 5.41) is 0. The van der Waals surface area contributed by atoms with Crippen LogP contribution in [0, 0.1) is 0 Å². The molecule has 1 saturated heterocycles. The fraction of sp³-hybridized carbons (Fsp3) is 0.562. The average Bonchev–Trinajstić information content (AvgIpc) is 2.89. The molecule has 0 aromatic carbocycles. The van der Waals surface area contributed by atoms with Crippen molar-refractivity contribution < 1.29 is 14.3 Å². The lowest BCUT2D eigenvalue weighted by atomic mass is 10.2. The largest absolute Gasteiger partial charge is 0.372 e. The van der Waals surface area contributed by atoms with E-state index in [4.69, 9.17) is 4.74 Å². The summed E-state index contributed by atoms with van der Waals surface area (Å²) in [5.41, 5.74) is 2.01. The van der Waals surface area contributed by atoms with E-state index < -0.39 is 6.10 Å². The van der Waals surface area contributed by atoms with Gasteiger partial charge in [0, 0.05) is 26.4 Å². The van der Waals surface area contributed by atoms with Gasteiger partial charge in [-0.2, -0.15) is 0 Å². The fourth-order valence-electron chi connectivity index (χ4n) is 3.18. The van der Waals surface area contributed by atoms with Crippen LogP contribution in [0.25, 0.3) is 0 Å². The van der Waals surface area contributed by atoms with Gasteiger partial charge in [0.1, 0.15) is 12.6 Å². The van der Waals surface area contributed by atoms with E-state index in [1.165, 1.54) is 0 Å². The van der Waals surface area contributed by atoms with Gasteiger partial charge in [-0.25, -0.2) is 0 Å². The Kier molecular flexibility index (Phi) is 4.38. The standard InChI is InChI=1S/C16H21N3O3/c1-22-14-4-2-3-8-18(16(14)21)11-15(20)19-9-6-12-5-7-17-10-13(12)19/h5,7,10,14H,2-4,6,8-9,11H2,1H3. The van der Waals surface area contributed by atoms with E-state index in [1.807, 2.05) is 6.07 Å². The number of nitrogens with zero attached hydrogens (tertiary/aromatic N) is 3. The first-order valence-corrected chi connectivity index (χ1v) is 7.75. The first kappa shape index (κ1) is 15.0. The number of pyridine rings is 1. The molecule has 2 aliphatic rings. The number of aromatic nitrogens is 1. The number of hydrogen-bond acceptors (Lipinski definition) is 4. The molecule has 1 fully saturated rings. The summed E-state index contributed by atoms with van der Waals surface area (Å²) < 4.78 is 5.25. The minimum absolute atomic E-state index is 0.0446. The number of methoxy groups -OCH3 is 1. The van der Waals surface area contributed by atoms with Crippen molar-refractivity contribution in [3.8, 4) is 0 Å². The zero-order chi connectivity index (χ0) is 15.5. The maximum atomic E-state index is 12.6. The van der Waals surface area contributed by atoms with Crippen molar-refractivity contribution in [2.45, 2.75) is 31.8 Å². The van der Waals surface area contributed by atoms with Gasteiger partial charge in [0.2, 0.25) is 5.91 Å². The topological polar surface area (TPSA) is 62.7 Å². The van der Waals surface area contributed by atoms with Crippen LogP contribution in [0.5, 0.6) is 0 Å². The highest BCUT2D eigenvalue weighted by Gasteiger charge is 2.31. The lowest BCUT2D eigenvalue weighted by Gasteiger charge is -2.26. The molecule has 0 bridgehead atoms. The summed E-state index contributed by atoms with van der Waals surface area (Å²) in [6.07, 6.45) is 6.50. The van der Waals surface area contributed by atoms with E-state index in [-0.39, 0.29) is 18.4 Å². The van der Waals surface area contributed by atoms with Crippen molar-refractivity contribution in [1.82, 2.24) is 9.88 Å². The van der Waals surface area contributed by atoms with Gasteiger partial charge in [-0.3, -0.25) is 14.6 Å². The molecule has 3 rings (SSSR count). The first-order valence-electron chi connectivity index (χ1n) is 7.75. The Bertz CT molecular complexity index is 576. The summed E-state index contributed by atoms with van der Waals surface area (Å²) in [6.45, 7) is 1.40. The van der Waals surface area contributed by atoms with E-state index in [0.29, 0.717) is 13.1 Å². The van der Waals surface area contributed by atoms with Crippen LogP contribution in [0.4, 0.5) is 5.69 Å². The Labute approximate surface area is 130 Å². The number of carbonyl (C=O) groups is 2. The molecule has 0 aliphatic carbocycles. The third-order valence-corrected chi connectivity index (χ3v) is 4.43. The molecule has 22 heavy (non-hydrogen) atoms. The molecule has 1 unspecified atom stereocenters. The van der Waals surface area contributed by atoms with Crippen LogP contribution < -0.4 is 4.90 Å². The van der Waals surface area contributed by atoms with Crippen LogP contribution in [-0.2, 0) is 20.7 Å². The Balaban J connectivity index is 1.70. The number of rotatable bonds is 3. The molecular weight excluding hydrogens is 282 g/mol. The molecule has 0 radical (unpaired) electrons. The molecule has 118 valence electrons. The van der Waals surface area contributed by atoms with Gasteiger partial charge in [-0.15, -0.1) is 0 Å². The summed E-state index contributed by atoms with van der Waals surface area (Å²) in [7, 11) is 1.55. The normalized spacial score (nSPS) is 21.7. The van der Waals surface area contributed by atoms with Crippen molar-refractivity contribution in [2.75, 3.05) is 31.6 Å². The van der Waals surface area contributed by atoms with Gasteiger partial charge in [0.25, 0.3) is 5.91 Å². The number of hydrogen-bond donors (Lipinski definition) is 0. The third kappa shape index (κ3) is 2.83. The highest BCUT2D eigenvalue weighted by Crippen LogP contribution is 2.26. The summed E-state index contributed by atoms with van der Waals surface area (Å²) in [5.74, 6) is -0.115. The van der Waals surface area contributed by atoms with Crippen molar-refractivity contribution in [2.24, 2.45) is 0 Å². The molecule has 1 aromatic heterocycles. The molecule has 2 aliphatic heterocycles. The van der Waals surface area contributed by atoms with Crippen LogP contribution in [0.15, 0.2) is 18.5 Å². The molecule has 1 atom stereocenters. The van der Waals surface area contributed by atoms with Gasteiger partial charge >= 0.3 is 0 Å². The molecule has 2 amide bonds. The fourth-order valence-corrected chi connectivity index (χ4v) is 3.18. The van der Waals surface area contributed by atoms with Crippen LogP contribution >= 0.6 is 0 Å². The molecule has 6 nitrogen and oxygen atoms in total. The zero-order valence-electron chi connectivity index (χ0n) is 12.8. The maximum Gasteiger partial charge on any atom is 0.252 e. The van der Waals surface area contributed by atoms with E-state index in [9.17, 15) is 9.59 Å². The summed E-state index contributed by atoms with van der Waals surface area (Å²) >= 11 is 0. The van der Waals surface area contributed by atoms with Crippen LogP contribution in [-0.4, -0.2) is 54.5 Å². The van der Waals surface area contributed by atoms with Crippen LogP contribution in [0.3, 0.4) is 0 Å². The second kappa shape index (κ2) is 6.44. The summed E-state index contributed by atoms with van der Waals surface area (Å²) in [6, 6.07) is 1.95. The number of carbonyl (C=O) groups excluding carboxylic acids is 2. The predicted molar refractivity (Wildman–Crippen MR) is 81.5 cm³/mol. The molecule has 1 aromatic rings. The molecule has 0 N–H and O–H groups in total. The number of amides is 2. The molecule has 0 saturated carbocycles. The Morgan fingerprint density at radius 2 is 2.27 bits per heavy atom. The first-order chi connectivity index (χ1) is 10.7. The van der Waals surface area contributed by atoms with Crippen molar-refractivity contribution >= 4 is 17.5 Å². The van der Waals surface area contributed by atoms with Crippen molar-refractivity contribution in [3.05, 3.63) is 24.0 Å². The van der Waals surface area contributed by atoms with Crippen LogP contribution in [0.2, 0.25) is 0 Å². The second-order valence-corrected chi connectivity index (χ2v) is 5.78. The van der Waals surface area contributed by atoms with E-state index in [0.717, 1.165) is 36.9 Å². The second-order valence-electron chi connectivity index (χ2n) is 5.78. The van der Waals surface area contributed by atoms with Crippen molar-refractivity contribution in [3.63, 3.8) is 0 Å². The lowest BCUT2D eigenvalue weighted by molar-refractivity contribution is -0.143. The average molecular weight is 303 g/mol. The molecule has 0 spiro atoms. The Hall–Kier alpha value is -1.95. The maximum absolute atomic E-state index is 12.6. The minimum atomic E-state index is -0.414. The smallest absolute Gasteiger partial charge is 0.252 e. The van der Waals surface area contributed by atoms with E-state index in [2.05, 4.69) is 4.98 Å². The quantitative estimate of drug-likeness (QED) is 0.835. The van der Waals surface area contributed by atoms with Gasteiger partial charge < -0.3 is 14.5 Å². The number of anilines is 1. The van der Waals surface area contributed by atoms with E-state index in [1.54, 1.807) is 29.3 Å².